The van der Waals surface area contributed by atoms with Gasteiger partial charge in [-0.1, -0.05) is 24.6 Å². The third-order valence-corrected chi connectivity index (χ3v) is 7.90. The van der Waals surface area contributed by atoms with Crippen molar-refractivity contribution in [2.45, 2.75) is 32.1 Å². The fourth-order valence-electron chi connectivity index (χ4n) is 5.72. The molecule has 6 rings (SSSR count). The van der Waals surface area contributed by atoms with Crippen molar-refractivity contribution in [1.29, 1.82) is 0 Å². The Kier molecular flexibility index (Phi) is 7.17. The number of amides is 3. The van der Waals surface area contributed by atoms with Crippen LogP contribution in [0.4, 0.5) is 0 Å². The molecule has 2 aromatic carbocycles. The number of nitrogens with one attached hydrogen (secondary N) is 2. The number of hydrogen-bond donors (Lipinski definition) is 2. The minimum absolute atomic E-state index is 0.0414. The van der Waals surface area contributed by atoms with Crippen molar-refractivity contribution in [2.75, 3.05) is 39.8 Å². The van der Waals surface area contributed by atoms with Gasteiger partial charge < -0.3 is 24.8 Å². The number of benzene rings is 2. The van der Waals surface area contributed by atoms with Crippen LogP contribution in [0, 0.1) is 5.41 Å². The number of fused-ring (bicyclic) bond motifs is 10. The van der Waals surface area contributed by atoms with E-state index in [1.165, 1.54) is 0 Å². The molecule has 3 amide bonds. The van der Waals surface area contributed by atoms with Crippen LogP contribution in [0.25, 0.3) is 10.9 Å². The Labute approximate surface area is 217 Å². The molecule has 2 N–H and O–H groups in total. The second-order valence-electron chi connectivity index (χ2n) is 9.99. The fraction of sp³-hybridized carbons (Fsp3) is 0.414. The summed E-state index contributed by atoms with van der Waals surface area (Å²) in [5.41, 5.74) is 1.60. The molecule has 194 valence electrons. The Bertz CT molecular complexity index is 1290. The minimum atomic E-state index is -0.493. The number of hydrogen-bond acceptors (Lipinski definition) is 4. The van der Waals surface area contributed by atoms with E-state index in [1.807, 2.05) is 52.4 Å². The topological polar surface area (TPSA) is 94.7 Å². The van der Waals surface area contributed by atoms with Gasteiger partial charge in [-0.2, -0.15) is 0 Å². The number of piperidine rings is 1. The van der Waals surface area contributed by atoms with Gasteiger partial charge in [0.15, 0.2) is 0 Å². The molecule has 1 aromatic heterocycles. The molecule has 8 nitrogen and oxygen atoms in total. The first-order chi connectivity index (χ1) is 18.0. The average Bonchev–Trinajstić information content (AvgIpc) is 3.42. The lowest BCUT2D eigenvalue weighted by Crippen LogP contribution is -2.49. The monoisotopic (exact) mass is 502 g/mol. The Morgan fingerprint density at radius 1 is 0.946 bits per heavy atom. The summed E-state index contributed by atoms with van der Waals surface area (Å²) in [4.78, 5) is 46.9. The molecule has 1 fully saturated rings. The third-order valence-electron chi connectivity index (χ3n) is 7.90. The molecule has 8 heteroatoms. The molecular formula is C29H34N4O4. The number of carbonyl (C=O) groups excluding carboxylic acids is 3. The van der Waals surface area contributed by atoms with Gasteiger partial charge in [0.2, 0.25) is 5.91 Å². The number of para-hydroxylation sites is 1. The number of rotatable bonds is 2. The Morgan fingerprint density at radius 2 is 1.76 bits per heavy atom. The van der Waals surface area contributed by atoms with Crippen molar-refractivity contribution in [1.82, 2.24) is 20.1 Å². The molecule has 0 aliphatic carbocycles. The quantitative estimate of drug-likeness (QED) is 0.557. The summed E-state index contributed by atoms with van der Waals surface area (Å²) < 4.78 is 6.09. The summed E-state index contributed by atoms with van der Waals surface area (Å²) in [5, 5.41) is 3.75. The van der Waals surface area contributed by atoms with E-state index in [9.17, 15) is 14.4 Å². The van der Waals surface area contributed by atoms with Crippen LogP contribution >= 0.6 is 0 Å². The van der Waals surface area contributed by atoms with Gasteiger partial charge in [0.25, 0.3) is 11.8 Å². The van der Waals surface area contributed by atoms with E-state index >= 15 is 0 Å². The van der Waals surface area contributed by atoms with Crippen molar-refractivity contribution >= 4 is 28.6 Å². The molecule has 37 heavy (non-hydrogen) atoms. The van der Waals surface area contributed by atoms with E-state index in [-0.39, 0.29) is 24.3 Å². The highest BCUT2D eigenvalue weighted by Gasteiger charge is 2.41. The van der Waals surface area contributed by atoms with Gasteiger partial charge in [-0.05, 0) is 56.0 Å². The highest BCUT2D eigenvalue weighted by molar-refractivity contribution is 6.06. The van der Waals surface area contributed by atoms with E-state index in [2.05, 4.69) is 10.3 Å². The highest BCUT2D eigenvalue weighted by atomic mass is 16.5. The summed E-state index contributed by atoms with van der Waals surface area (Å²) in [6.07, 6.45) is 5.43. The van der Waals surface area contributed by atoms with Crippen LogP contribution < -0.4 is 10.1 Å². The first kappa shape index (κ1) is 24.9. The maximum Gasteiger partial charge on any atom is 0.257 e. The van der Waals surface area contributed by atoms with E-state index in [4.69, 9.17) is 4.74 Å². The van der Waals surface area contributed by atoms with Gasteiger partial charge in [0.05, 0.1) is 17.5 Å². The standard InChI is InChI=1S/C29H34N4O4/c1-30-28(36)29-12-4-5-16-32(26(34)22-8-6-9-24-21(22)11-15-31-24)19-20-37-25-10-3-2-7-23(25)27(35)33(17-13-29)18-14-29/h2-3,6-11,15,31H,4-5,12-14,16-20H2,1H3,(H,30,36). The average molecular weight is 503 g/mol. The summed E-state index contributed by atoms with van der Waals surface area (Å²) >= 11 is 0. The maximum atomic E-state index is 13.7. The number of carbonyl (C=O) groups is 3. The zero-order valence-electron chi connectivity index (χ0n) is 21.3. The lowest BCUT2D eigenvalue weighted by atomic mass is 9.73. The fourth-order valence-corrected chi connectivity index (χ4v) is 5.72. The summed E-state index contributed by atoms with van der Waals surface area (Å²) in [7, 11) is 1.68. The predicted octanol–water partition coefficient (Wildman–Crippen LogP) is 3.84. The van der Waals surface area contributed by atoms with Gasteiger partial charge in [-0.3, -0.25) is 14.4 Å². The normalized spacial score (nSPS) is 18.5. The Morgan fingerprint density at radius 3 is 2.57 bits per heavy atom. The first-order valence-electron chi connectivity index (χ1n) is 13.1. The maximum absolute atomic E-state index is 13.7. The predicted molar refractivity (Wildman–Crippen MR) is 142 cm³/mol. The first-order valence-corrected chi connectivity index (χ1v) is 13.1. The van der Waals surface area contributed by atoms with Crippen LogP contribution in [-0.4, -0.2) is 72.3 Å². The molecule has 4 heterocycles. The molecule has 0 unspecified atom stereocenters. The van der Waals surface area contributed by atoms with Crippen LogP contribution in [0.3, 0.4) is 0 Å². The van der Waals surface area contributed by atoms with Crippen molar-refractivity contribution < 1.29 is 19.1 Å². The summed E-state index contributed by atoms with van der Waals surface area (Å²) in [6.45, 7) is 2.31. The van der Waals surface area contributed by atoms with E-state index in [0.717, 1.165) is 30.2 Å². The molecule has 3 aliphatic rings. The Hall–Kier alpha value is -3.81. The van der Waals surface area contributed by atoms with E-state index in [0.29, 0.717) is 55.9 Å². The van der Waals surface area contributed by atoms with Crippen LogP contribution in [0.5, 0.6) is 5.75 Å². The minimum Gasteiger partial charge on any atom is -0.491 e. The van der Waals surface area contributed by atoms with Crippen LogP contribution in [0.15, 0.2) is 54.7 Å². The van der Waals surface area contributed by atoms with Crippen molar-refractivity contribution in [3.05, 3.63) is 65.9 Å². The van der Waals surface area contributed by atoms with Gasteiger partial charge in [0, 0.05) is 49.3 Å². The number of ether oxygens (including phenoxy) is 1. The van der Waals surface area contributed by atoms with Gasteiger partial charge >= 0.3 is 0 Å². The largest absolute Gasteiger partial charge is 0.491 e. The smallest absolute Gasteiger partial charge is 0.257 e. The molecule has 0 radical (unpaired) electrons. The van der Waals surface area contributed by atoms with Crippen LogP contribution in [0.1, 0.15) is 52.8 Å². The van der Waals surface area contributed by atoms with Crippen LogP contribution in [-0.2, 0) is 4.79 Å². The molecule has 0 atom stereocenters. The number of H-pyrrole nitrogens is 1. The van der Waals surface area contributed by atoms with Gasteiger partial charge in [-0.15, -0.1) is 0 Å². The summed E-state index contributed by atoms with van der Waals surface area (Å²) in [5.74, 6) is 0.434. The zero-order chi connectivity index (χ0) is 25.8. The highest BCUT2D eigenvalue weighted by Crippen LogP contribution is 2.38. The van der Waals surface area contributed by atoms with E-state index < -0.39 is 5.41 Å². The van der Waals surface area contributed by atoms with E-state index in [1.54, 1.807) is 19.2 Å². The lowest BCUT2D eigenvalue weighted by molar-refractivity contribution is -0.133. The molecule has 0 spiro atoms. The SMILES string of the molecule is CNC(=O)C12CCCCN(C(=O)c3cccc4[nH]ccc34)CCOc3ccccc3C(=O)N(CC1)CC2. The van der Waals surface area contributed by atoms with Gasteiger partial charge in [0.1, 0.15) is 12.4 Å². The molecular weight excluding hydrogens is 468 g/mol. The van der Waals surface area contributed by atoms with Crippen molar-refractivity contribution in [3.8, 4) is 5.75 Å². The molecule has 3 aliphatic heterocycles. The Balaban J connectivity index is 1.43. The second-order valence-corrected chi connectivity index (χ2v) is 9.99. The van der Waals surface area contributed by atoms with Crippen molar-refractivity contribution in [3.63, 3.8) is 0 Å². The molecule has 3 aromatic rings. The van der Waals surface area contributed by atoms with Crippen molar-refractivity contribution in [2.24, 2.45) is 5.41 Å². The number of aromatic amines is 1. The molecule has 0 saturated carbocycles. The third kappa shape index (κ3) is 4.92. The number of nitrogens with zero attached hydrogens (tertiary/aromatic N) is 2. The molecule has 1 saturated heterocycles. The number of aromatic nitrogens is 1. The van der Waals surface area contributed by atoms with Gasteiger partial charge in [-0.25, -0.2) is 0 Å². The lowest BCUT2D eigenvalue weighted by Gasteiger charge is -2.40. The molecule has 2 bridgehead atoms. The second kappa shape index (κ2) is 10.7. The zero-order valence-corrected chi connectivity index (χ0v) is 21.3. The van der Waals surface area contributed by atoms with Crippen LogP contribution in [0.2, 0.25) is 0 Å². The summed E-state index contributed by atoms with van der Waals surface area (Å²) in [6, 6.07) is 14.9.